The molecule has 1 heterocycles. The third-order valence-electron chi connectivity index (χ3n) is 5.48. The van der Waals surface area contributed by atoms with Crippen molar-refractivity contribution in [2.75, 3.05) is 25.9 Å². The molecule has 0 saturated carbocycles. The first-order valence-electron chi connectivity index (χ1n) is 11.0. The van der Waals surface area contributed by atoms with E-state index in [9.17, 15) is 9.65 Å². The predicted molar refractivity (Wildman–Crippen MR) is 130 cm³/mol. The summed E-state index contributed by atoms with van der Waals surface area (Å²) in [6.07, 6.45) is 2.15. The molecule has 0 fully saturated rings. The lowest BCUT2D eigenvalue weighted by molar-refractivity contribution is 0.625. The number of nitrogens with two attached hydrogens (primary N) is 1. The van der Waals surface area contributed by atoms with Crippen molar-refractivity contribution in [3.8, 4) is 11.8 Å². The van der Waals surface area contributed by atoms with E-state index in [0.29, 0.717) is 42.5 Å². The van der Waals surface area contributed by atoms with Crippen LogP contribution >= 0.6 is 0 Å². The summed E-state index contributed by atoms with van der Waals surface area (Å²) in [6.45, 7) is 5.27. The molecule has 33 heavy (non-hydrogen) atoms. The van der Waals surface area contributed by atoms with Crippen LogP contribution in [0.4, 0.5) is 10.2 Å². The zero-order valence-corrected chi connectivity index (χ0v) is 19.3. The first-order valence-corrected chi connectivity index (χ1v) is 11.0. The molecule has 0 aliphatic heterocycles. The highest BCUT2D eigenvalue weighted by molar-refractivity contribution is 5.79. The van der Waals surface area contributed by atoms with E-state index in [2.05, 4.69) is 26.8 Å². The van der Waals surface area contributed by atoms with Crippen LogP contribution in [-0.2, 0) is 12.8 Å². The Morgan fingerprint density at radius 3 is 2.52 bits per heavy atom. The van der Waals surface area contributed by atoms with Gasteiger partial charge < -0.3 is 16.4 Å². The van der Waals surface area contributed by atoms with Crippen molar-refractivity contribution in [1.82, 2.24) is 20.4 Å². The predicted octanol–water partition coefficient (Wildman–Crippen LogP) is 3.42. The van der Waals surface area contributed by atoms with Crippen molar-refractivity contribution in [3.63, 3.8) is 0 Å². The third-order valence-corrected chi connectivity index (χ3v) is 5.48. The van der Waals surface area contributed by atoms with Crippen LogP contribution in [0.5, 0.6) is 0 Å². The van der Waals surface area contributed by atoms with Crippen molar-refractivity contribution in [1.29, 1.82) is 5.26 Å². The number of anilines is 1. The minimum absolute atomic E-state index is 0.216. The number of guanidine groups is 1. The molecule has 1 aromatic heterocycles. The van der Waals surface area contributed by atoms with Gasteiger partial charge in [-0.15, -0.1) is 0 Å². The highest BCUT2D eigenvalue weighted by Gasteiger charge is 2.16. The number of rotatable bonds is 8. The van der Waals surface area contributed by atoms with E-state index >= 15 is 0 Å². The topological polar surface area (TPSA) is 104 Å². The van der Waals surface area contributed by atoms with E-state index in [0.717, 1.165) is 35.2 Å². The quantitative estimate of drug-likeness (QED) is 0.279. The summed E-state index contributed by atoms with van der Waals surface area (Å²) in [4.78, 5) is 4.24. The molecule has 172 valence electrons. The van der Waals surface area contributed by atoms with E-state index in [1.807, 2.05) is 44.2 Å². The second-order valence-corrected chi connectivity index (χ2v) is 7.92. The molecule has 4 N–H and O–H groups in total. The zero-order chi connectivity index (χ0) is 23.8. The van der Waals surface area contributed by atoms with Crippen LogP contribution < -0.4 is 16.4 Å². The first-order chi connectivity index (χ1) is 15.9. The maximum absolute atomic E-state index is 13.2. The Morgan fingerprint density at radius 2 is 1.85 bits per heavy atom. The van der Waals surface area contributed by atoms with Gasteiger partial charge in [0.25, 0.3) is 0 Å². The fraction of sp³-hybridized carbons (Fsp3) is 0.320. The van der Waals surface area contributed by atoms with Crippen LogP contribution in [0.2, 0.25) is 0 Å². The van der Waals surface area contributed by atoms with Crippen molar-refractivity contribution < 1.29 is 4.39 Å². The summed E-state index contributed by atoms with van der Waals surface area (Å²) in [7, 11) is 1.72. The fourth-order valence-electron chi connectivity index (χ4n) is 3.60. The molecular weight excluding hydrogens is 417 g/mol. The summed E-state index contributed by atoms with van der Waals surface area (Å²) in [5.41, 5.74) is 11.3. The molecule has 0 saturated heterocycles. The number of aryl methyl sites for hydroxylation is 3. The third kappa shape index (κ3) is 6.10. The SMILES string of the molecule is CN=C(NCCCc1nn(-c2ccc(C)cc2)c(N)c1C#N)NCCc1ccc(F)cc1C. The van der Waals surface area contributed by atoms with Crippen LogP contribution in [0, 0.1) is 31.0 Å². The summed E-state index contributed by atoms with van der Waals surface area (Å²) < 4.78 is 14.9. The van der Waals surface area contributed by atoms with Crippen LogP contribution in [0.15, 0.2) is 47.5 Å². The average molecular weight is 448 g/mol. The van der Waals surface area contributed by atoms with Gasteiger partial charge in [-0.3, -0.25) is 4.99 Å². The largest absolute Gasteiger partial charge is 0.382 e. The van der Waals surface area contributed by atoms with E-state index in [1.165, 1.54) is 6.07 Å². The Bertz CT molecular complexity index is 1160. The minimum Gasteiger partial charge on any atom is -0.382 e. The summed E-state index contributed by atoms with van der Waals surface area (Å²) in [5, 5.41) is 20.7. The number of benzene rings is 2. The number of aromatic nitrogens is 2. The number of nitrogens with one attached hydrogen (secondary N) is 2. The maximum Gasteiger partial charge on any atom is 0.190 e. The standard InChI is InChI=1S/C25H30FN7/c1-17-6-10-21(11-7-17)33-24(28)22(16-27)23(32-33)5-4-13-30-25(29-3)31-14-12-19-8-9-20(26)15-18(19)2/h6-11,15H,4-5,12-14,28H2,1-3H3,(H2,29,30,31). The number of nitrogens with zero attached hydrogens (tertiary/aromatic N) is 4. The van der Waals surface area contributed by atoms with Gasteiger partial charge in [0.2, 0.25) is 0 Å². The Kier molecular flexibility index (Phi) is 8.03. The molecule has 0 unspecified atom stereocenters. The number of hydrogen-bond donors (Lipinski definition) is 3. The number of halogens is 1. The van der Waals surface area contributed by atoms with Gasteiger partial charge in [-0.05, 0) is 68.5 Å². The van der Waals surface area contributed by atoms with E-state index in [-0.39, 0.29) is 5.82 Å². The molecule has 0 amide bonds. The van der Waals surface area contributed by atoms with Gasteiger partial charge in [0, 0.05) is 20.1 Å². The van der Waals surface area contributed by atoms with Crippen LogP contribution in [0.1, 0.15) is 34.4 Å². The maximum atomic E-state index is 13.2. The average Bonchev–Trinajstić information content (AvgIpc) is 3.12. The van der Waals surface area contributed by atoms with Crippen molar-refractivity contribution >= 4 is 11.8 Å². The minimum atomic E-state index is -0.216. The monoisotopic (exact) mass is 447 g/mol. The van der Waals surface area contributed by atoms with Gasteiger partial charge in [0.1, 0.15) is 23.3 Å². The fourth-order valence-corrected chi connectivity index (χ4v) is 3.60. The second-order valence-electron chi connectivity index (χ2n) is 7.92. The van der Waals surface area contributed by atoms with Gasteiger partial charge in [-0.1, -0.05) is 23.8 Å². The summed E-state index contributed by atoms with van der Waals surface area (Å²) >= 11 is 0. The Labute approximate surface area is 194 Å². The molecule has 3 rings (SSSR count). The molecule has 0 atom stereocenters. The molecule has 0 bridgehead atoms. The van der Waals surface area contributed by atoms with Gasteiger partial charge in [-0.2, -0.15) is 10.4 Å². The lowest BCUT2D eigenvalue weighted by atomic mass is 10.1. The first kappa shape index (κ1) is 23.8. The van der Waals surface area contributed by atoms with E-state index in [4.69, 9.17) is 5.73 Å². The van der Waals surface area contributed by atoms with Crippen molar-refractivity contribution in [3.05, 3.63) is 76.2 Å². The molecule has 0 aliphatic carbocycles. The molecule has 3 aromatic rings. The number of nitriles is 1. The van der Waals surface area contributed by atoms with Crippen LogP contribution in [0.3, 0.4) is 0 Å². The number of hydrogen-bond acceptors (Lipinski definition) is 4. The smallest absolute Gasteiger partial charge is 0.190 e. The highest BCUT2D eigenvalue weighted by atomic mass is 19.1. The van der Waals surface area contributed by atoms with Crippen LogP contribution in [0.25, 0.3) is 5.69 Å². The molecule has 7 nitrogen and oxygen atoms in total. The van der Waals surface area contributed by atoms with Crippen molar-refractivity contribution in [2.45, 2.75) is 33.1 Å². The summed E-state index contributed by atoms with van der Waals surface area (Å²) in [6, 6.07) is 14.9. The lowest BCUT2D eigenvalue weighted by Gasteiger charge is -2.12. The molecular formula is C25H30FN7. The molecule has 8 heteroatoms. The van der Waals surface area contributed by atoms with Crippen molar-refractivity contribution in [2.24, 2.45) is 4.99 Å². The normalized spacial score (nSPS) is 11.3. The number of aliphatic imine (C=N–C) groups is 1. The van der Waals surface area contributed by atoms with Gasteiger partial charge >= 0.3 is 0 Å². The van der Waals surface area contributed by atoms with E-state index < -0.39 is 0 Å². The summed E-state index contributed by atoms with van der Waals surface area (Å²) in [5.74, 6) is 0.838. The Balaban J connectivity index is 1.50. The van der Waals surface area contributed by atoms with Gasteiger partial charge in [0.05, 0.1) is 11.4 Å². The molecule has 0 aliphatic rings. The molecule has 2 aromatic carbocycles. The molecule has 0 radical (unpaired) electrons. The second kappa shape index (κ2) is 11.1. The number of nitrogen functional groups attached to an aromatic ring is 1. The lowest BCUT2D eigenvalue weighted by Crippen LogP contribution is -2.38. The van der Waals surface area contributed by atoms with Crippen LogP contribution in [-0.4, -0.2) is 35.9 Å². The zero-order valence-electron chi connectivity index (χ0n) is 19.3. The van der Waals surface area contributed by atoms with Gasteiger partial charge in [-0.25, -0.2) is 9.07 Å². The van der Waals surface area contributed by atoms with Gasteiger partial charge in [0.15, 0.2) is 5.96 Å². The van der Waals surface area contributed by atoms with E-state index in [1.54, 1.807) is 17.8 Å². The highest BCUT2D eigenvalue weighted by Crippen LogP contribution is 2.21. The molecule has 0 spiro atoms. The Hall–Kier alpha value is -3.86. The Morgan fingerprint density at radius 1 is 1.12 bits per heavy atom.